The predicted octanol–water partition coefficient (Wildman–Crippen LogP) is 3.31. The number of likely N-dealkylation sites (tertiary alicyclic amines) is 1. The fourth-order valence-corrected chi connectivity index (χ4v) is 4.16. The number of carbonyl (C=O) groups excluding carboxylic acids is 1. The number of nitrogens with zero attached hydrogens (tertiary/aromatic N) is 4. The van der Waals surface area contributed by atoms with Gasteiger partial charge in [-0.2, -0.15) is 0 Å². The zero-order chi connectivity index (χ0) is 23.8. The Morgan fingerprint density at radius 2 is 1.91 bits per heavy atom. The number of hydrogen-bond donors (Lipinski definition) is 1. The van der Waals surface area contributed by atoms with Crippen molar-refractivity contribution >= 4 is 16.8 Å². The fraction of sp³-hybridized carbons (Fsp3) is 0.250. The van der Waals surface area contributed by atoms with Crippen LogP contribution in [0, 0.1) is 11.6 Å². The molecule has 10 heteroatoms. The van der Waals surface area contributed by atoms with Gasteiger partial charge in [-0.05, 0) is 49.2 Å². The molecule has 8 nitrogen and oxygen atoms in total. The highest BCUT2D eigenvalue weighted by Crippen LogP contribution is 2.22. The van der Waals surface area contributed by atoms with Gasteiger partial charge < -0.3 is 14.6 Å². The van der Waals surface area contributed by atoms with Crippen molar-refractivity contribution in [2.45, 2.75) is 18.9 Å². The third-order valence-electron chi connectivity index (χ3n) is 6.03. The minimum Gasteiger partial charge on any atom is -0.380 e. The number of H-pyrrole nitrogens is 1. The van der Waals surface area contributed by atoms with E-state index in [-0.39, 0.29) is 28.8 Å². The Hall–Kier alpha value is -3.92. The summed E-state index contributed by atoms with van der Waals surface area (Å²) in [5, 5.41) is 8.46. The van der Waals surface area contributed by atoms with Crippen LogP contribution in [0.1, 0.15) is 23.2 Å². The smallest absolute Gasteiger partial charge is 0.258 e. The number of nitrogens with one attached hydrogen (secondary N) is 1. The maximum atomic E-state index is 13.6. The number of benzene rings is 2. The molecule has 0 spiro atoms. The number of aromatic amines is 1. The molecule has 3 heterocycles. The van der Waals surface area contributed by atoms with Crippen LogP contribution < -0.4 is 5.56 Å². The highest BCUT2D eigenvalue weighted by atomic mass is 19.2. The van der Waals surface area contributed by atoms with Gasteiger partial charge >= 0.3 is 0 Å². The monoisotopic (exact) mass is 465 g/mol. The summed E-state index contributed by atoms with van der Waals surface area (Å²) in [5.74, 6) is -2.10. The van der Waals surface area contributed by atoms with Gasteiger partial charge in [0.2, 0.25) is 0 Å². The summed E-state index contributed by atoms with van der Waals surface area (Å²) in [5.41, 5.74) is 1.34. The first-order chi connectivity index (χ1) is 16.4. The summed E-state index contributed by atoms with van der Waals surface area (Å²) in [6.45, 7) is 1.27. The summed E-state index contributed by atoms with van der Waals surface area (Å²) in [6.07, 6.45) is 3.46. The Bertz CT molecular complexity index is 1430. The van der Waals surface area contributed by atoms with Crippen LogP contribution in [0.2, 0.25) is 0 Å². The van der Waals surface area contributed by atoms with E-state index in [9.17, 15) is 18.4 Å². The van der Waals surface area contributed by atoms with Crippen molar-refractivity contribution in [1.29, 1.82) is 0 Å². The number of rotatable bonds is 4. The second-order valence-corrected chi connectivity index (χ2v) is 8.21. The molecule has 4 aromatic rings. The van der Waals surface area contributed by atoms with Crippen molar-refractivity contribution in [2.24, 2.45) is 0 Å². The van der Waals surface area contributed by atoms with Crippen molar-refractivity contribution < 1.29 is 18.3 Å². The predicted molar refractivity (Wildman–Crippen MR) is 121 cm³/mol. The van der Waals surface area contributed by atoms with Crippen molar-refractivity contribution in [3.8, 4) is 16.9 Å². The number of hydrogen-bond acceptors (Lipinski definition) is 5. The molecule has 1 aliphatic rings. The lowest BCUT2D eigenvalue weighted by Crippen LogP contribution is -2.42. The molecule has 1 atom stereocenters. The second-order valence-electron chi connectivity index (χ2n) is 8.21. The van der Waals surface area contributed by atoms with Gasteiger partial charge in [-0.15, -0.1) is 5.10 Å². The molecule has 1 saturated heterocycles. The third kappa shape index (κ3) is 4.08. The van der Waals surface area contributed by atoms with E-state index in [1.54, 1.807) is 42.5 Å². The van der Waals surface area contributed by atoms with E-state index in [4.69, 9.17) is 4.74 Å². The normalized spacial score (nSPS) is 16.2. The Morgan fingerprint density at radius 3 is 2.68 bits per heavy atom. The molecule has 174 valence electrons. The van der Waals surface area contributed by atoms with E-state index >= 15 is 0 Å². The van der Waals surface area contributed by atoms with Gasteiger partial charge in [-0.25, -0.2) is 13.5 Å². The lowest BCUT2D eigenvalue weighted by molar-refractivity contribution is 0.0269. The quantitative estimate of drug-likeness (QED) is 0.499. The zero-order valence-electron chi connectivity index (χ0n) is 18.3. The van der Waals surface area contributed by atoms with Crippen LogP contribution in [0.15, 0.2) is 53.5 Å². The molecule has 0 aliphatic carbocycles. The SMILES string of the molecule is CO[C@H]1CCCN(C(=O)c2ccc(-n3cc(-c4cc5cc(F)c(F)cc5[nH]c4=O)nn3)cc2)C1. The Balaban J connectivity index is 1.39. The zero-order valence-corrected chi connectivity index (χ0v) is 18.3. The fourth-order valence-electron chi connectivity index (χ4n) is 4.16. The number of piperidine rings is 1. The number of aromatic nitrogens is 4. The van der Waals surface area contributed by atoms with Gasteiger partial charge in [0.05, 0.1) is 29.1 Å². The number of carbonyl (C=O) groups is 1. The topological polar surface area (TPSA) is 93.1 Å². The van der Waals surface area contributed by atoms with Gasteiger partial charge in [-0.3, -0.25) is 9.59 Å². The maximum absolute atomic E-state index is 13.6. The van der Waals surface area contributed by atoms with E-state index in [1.807, 2.05) is 0 Å². The number of ether oxygens (including phenoxy) is 1. The Morgan fingerprint density at radius 1 is 1.15 bits per heavy atom. The van der Waals surface area contributed by atoms with Crippen LogP contribution in [0.25, 0.3) is 27.8 Å². The minimum atomic E-state index is -1.04. The van der Waals surface area contributed by atoms with E-state index in [0.717, 1.165) is 25.0 Å². The Labute approximate surface area is 192 Å². The molecule has 1 amide bonds. The average Bonchev–Trinajstić information content (AvgIpc) is 3.34. The van der Waals surface area contributed by atoms with Gasteiger partial charge in [0.25, 0.3) is 11.5 Å². The molecule has 1 fully saturated rings. The summed E-state index contributed by atoms with van der Waals surface area (Å²) in [4.78, 5) is 29.7. The maximum Gasteiger partial charge on any atom is 0.258 e. The molecule has 2 aromatic carbocycles. The lowest BCUT2D eigenvalue weighted by Gasteiger charge is -2.32. The van der Waals surface area contributed by atoms with E-state index in [1.165, 1.54) is 10.7 Å². The standard InChI is InChI=1S/C24H21F2N5O3/c1-34-17-3-2-8-30(12-17)24(33)14-4-6-16(7-5-14)31-13-22(28-29-31)18-9-15-10-19(25)20(26)11-21(15)27-23(18)32/h4-7,9-11,13,17H,2-3,8,12H2,1H3,(H,27,32)/t17-/m0/s1. The minimum absolute atomic E-state index is 0.0549. The highest BCUT2D eigenvalue weighted by Gasteiger charge is 2.24. The van der Waals surface area contributed by atoms with Gasteiger partial charge in [-0.1, -0.05) is 5.21 Å². The Kier molecular flexibility index (Phi) is 5.66. The first-order valence-electron chi connectivity index (χ1n) is 10.8. The van der Waals surface area contributed by atoms with Crippen LogP contribution in [0.4, 0.5) is 8.78 Å². The molecule has 5 rings (SSSR count). The molecule has 0 unspecified atom stereocenters. The van der Waals surface area contributed by atoms with E-state index in [0.29, 0.717) is 29.7 Å². The summed E-state index contributed by atoms with van der Waals surface area (Å²) in [7, 11) is 1.66. The van der Waals surface area contributed by atoms with Crippen LogP contribution in [-0.4, -0.2) is 57.1 Å². The largest absolute Gasteiger partial charge is 0.380 e. The molecule has 1 aliphatic heterocycles. The van der Waals surface area contributed by atoms with Crippen LogP contribution in [-0.2, 0) is 4.74 Å². The van der Waals surface area contributed by atoms with Gasteiger partial charge in [0, 0.05) is 37.2 Å². The van der Waals surface area contributed by atoms with Crippen LogP contribution >= 0.6 is 0 Å². The van der Waals surface area contributed by atoms with Crippen molar-refractivity contribution in [3.63, 3.8) is 0 Å². The van der Waals surface area contributed by atoms with Crippen molar-refractivity contribution in [2.75, 3.05) is 20.2 Å². The lowest BCUT2D eigenvalue weighted by atomic mass is 10.1. The molecular formula is C24H21F2N5O3. The number of amides is 1. The van der Waals surface area contributed by atoms with Crippen LogP contribution in [0.3, 0.4) is 0 Å². The van der Waals surface area contributed by atoms with E-state index in [2.05, 4.69) is 15.3 Å². The van der Waals surface area contributed by atoms with Gasteiger partial charge in [0.15, 0.2) is 11.6 Å². The molecular weight excluding hydrogens is 444 g/mol. The summed E-state index contributed by atoms with van der Waals surface area (Å²) < 4.78 is 33.9. The van der Waals surface area contributed by atoms with Crippen LogP contribution in [0.5, 0.6) is 0 Å². The van der Waals surface area contributed by atoms with E-state index < -0.39 is 17.2 Å². The van der Waals surface area contributed by atoms with Crippen molar-refractivity contribution in [3.05, 3.63) is 76.2 Å². The number of fused-ring (bicyclic) bond motifs is 1. The van der Waals surface area contributed by atoms with Gasteiger partial charge in [0.1, 0.15) is 5.69 Å². The van der Waals surface area contributed by atoms with Crippen molar-refractivity contribution in [1.82, 2.24) is 24.9 Å². The molecule has 1 N–H and O–H groups in total. The molecule has 2 aromatic heterocycles. The molecule has 0 bridgehead atoms. The average molecular weight is 465 g/mol. The highest BCUT2D eigenvalue weighted by molar-refractivity contribution is 5.94. The summed E-state index contributed by atoms with van der Waals surface area (Å²) >= 11 is 0. The second kappa shape index (κ2) is 8.79. The molecule has 0 saturated carbocycles. The number of pyridine rings is 1. The molecule has 0 radical (unpaired) electrons. The number of methoxy groups -OCH3 is 1. The first-order valence-corrected chi connectivity index (χ1v) is 10.8. The third-order valence-corrected chi connectivity index (χ3v) is 6.03. The number of halogens is 2. The molecule has 34 heavy (non-hydrogen) atoms. The summed E-state index contributed by atoms with van der Waals surface area (Å²) in [6, 6.07) is 10.3. The first kappa shape index (κ1) is 21.9.